The highest BCUT2D eigenvalue weighted by atomic mass is 16.6. The Kier molecular flexibility index (Phi) is 4.22. The van der Waals surface area contributed by atoms with Gasteiger partial charge in [0.15, 0.2) is 0 Å². The van der Waals surface area contributed by atoms with Crippen molar-refractivity contribution < 1.29 is 14.8 Å². The van der Waals surface area contributed by atoms with Crippen molar-refractivity contribution in [1.82, 2.24) is 0 Å². The molecule has 1 fully saturated rings. The van der Waals surface area contributed by atoms with Crippen molar-refractivity contribution in [2.45, 2.75) is 26.2 Å². The lowest BCUT2D eigenvalue weighted by atomic mass is 10.0. The summed E-state index contributed by atoms with van der Waals surface area (Å²) in [5, 5.41) is 19.8. The number of hydrogen-bond acceptors (Lipinski definition) is 4. The van der Waals surface area contributed by atoms with E-state index in [0.717, 1.165) is 18.5 Å². The van der Waals surface area contributed by atoms with Crippen LogP contribution in [0.5, 0.6) is 0 Å². The van der Waals surface area contributed by atoms with Gasteiger partial charge in [-0.15, -0.1) is 0 Å². The second-order valence-electron chi connectivity index (χ2n) is 5.23. The quantitative estimate of drug-likeness (QED) is 0.661. The predicted molar refractivity (Wildman–Crippen MR) is 75.0 cm³/mol. The van der Waals surface area contributed by atoms with Gasteiger partial charge in [0.05, 0.1) is 4.92 Å². The van der Waals surface area contributed by atoms with Gasteiger partial charge in [0.2, 0.25) is 0 Å². The number of rotatable bonds is 5. The lowest BCUT2D eigenvalue weighted by molar-refractivity contribution is -0.384. The SMILES string of the molecule is Cc1cccc([N+](=O)[O-])c1N1CCC(CCC(=O)O)C1. The summed E-state index contributed by atoms with van der Waals surface area (Å²) >= 11 is 0. The molecule has 0 amide bonds. The van der Waals surface area contributed by atoms with Crippen molar-refractivity contribution >= 4 is 17.3 Å². The summed E-state index contributed by atoms with van der Waals surface area (Å²) in [7, 11) is 0. The Hall–Kier alpha value is -2.11. The Bertz CT molecular complexity index is 530. The van der Waals surface area contributed by atoms with Crippen molar-refractivity contribution in [3.05, 3.63) is 33.9 Å². The van der Waals surface area contributed by atoms with Crippen LogP contribution in [0.1, 0.15) is 24.8 Å². The summed E-state index contributed by atoms with van der Waals surface area (Å²) in [5.41, 5.74) is 1.69. The van der Waals surface area contributed by atoms with Gasteiger partial charge in [-0.1, -0.05) is 12.1 Å². The highest BCUT2D eigenvalue weighted by Gasteiger charge is 2.28. The lowest BCUT2D eigenvalue weighted by Gasteiger charge is -2.20. The van der Waals surface area contributed by atoms with Crippen LogP contribution in [0.25, 0.3) is 0 Å². The van der Waals surface area contributed by atoms with Crippen LogP contribution >= 0.6 is 0 Å². The Morgan fingerprint density at radius 2 is 2.30 bits per heavy atom. The van der Waals surface area contributed by atoms with Crippen LogP contribution in [0, 0.1) is 23.0 Å². The molecular formula is C14H18N2O4. The maximum Gasteiger partial charge on any atom is 0.303 e. The normalized spacial score (nSPS) is 18.2. The van der Waals surface area contributed by atoms with E-state index in [1.165, 1.54) is 6.07 Å². The van der Waals surface area contributed by atoms with Gasteiger partial charge in [-0.3, -0.25) is 14.9 Å². The molecule has 1 aliphatic rings. The number of carboxylic acids is 1. The summed E-state index contributed by atoms with van der Waals surface area (Å²) in [5.74, 6) is -0.490. The molecule has 1 unspecified atom stereocenters. The van der Waals surface area contributed by atoms with Crippen LogP contribution in [0.3, 0.4) is 0 Å². The standard InChI is InChI=1S/C14H18N2O4/c1-10-3-2-4-12(16(19)20)14(10)15-8-7-11(9-15)5-6-13(17)18/h2-4,11H,5-9H2,1H3,(H,17,18). The van der Waals surface area contributed by atoms with Gasteiger partial charge in [0.1, 0.15) is 5.69 Å². The third-order valence-corrected chi connectivity index (χ3v) is 3.78. The number of nitro groups is 1. The number of aliphatic carboxylic acids is 1. The first-order valence-electron chi connectivity index (χ1n) is 6.69. The minimum Gasteiger partial charge on any atom is -0.481 e. The molecule has 1 aliphatic heterocycles. The Labute approximate surface area is 117 Å². The second-order valence-corrected chi connectivity index (χ2v) is 5.23. The largest absolute Gasteiger partial charge is 0.481 e. The van der Waals surface area contributed by atoms with Crippen molar-refractivity contribution in [3.63, 3.8) is 0 Å². The van der Waals surface area contributed by atoms with E-state index in [1.54, 1.807) is 6.07 Å². The number of carbonyl (C=O) groups is 1. The van der Waals surface area contributed by atoms with E-state index in [1.807, 2.05) is 17.9 Å². The van der Waals surface area contributed by atoms with Crippen LogP contribution in [0.15, 0.2) is 18.2 Å². The predicted octanol–water partition coefficient (Wildman–Crippen LogP) is 2.59. The first-order valence-corrected chi connectivity index (χ1v) is 6.69. The smallest absolute Gasteiger partial charge is 0.303 e. The van der Waals surface area contributed by atoms with E-state index < -0.39 is 5.97 Å². The molecule has 6 nitrogen and oxygen atoms in total. The number of nitrogens with zero attached hydrogens (tertiary/aromatic N) is 2. The molecule has 1 N–H and O–H groups in total. The minimum atomic E-state index is -0.787. The fourth-order valence-electron chi connectivity index (χ4n) is 2.80. The molecule has 1 heterocycles. The van der Waals surface area contributed by atoms with Crippen LogP contribution in [-0.2, 0) is 4.79 Å². The number of nitro benzene ring substituents is 1. The first kappa shape index (κ1) is 14.3. The molecule has 1 aromatic rings. The van der Waals surface area contributed by atoms with Crippen molar-refractivity contribution in [2.24, 2.45) is 5.92 Å². The summed E-state index contributed by atoms with van der Waals surface area (Å²) < 4.78 is 0. The Morgan fingerprint density at radius 3 is 2.95 bits per heavy atom. The molecule has 2 rings (SSSR count). The third kappa shape index (κ3) is 3.07. The summed E-state index contributed by atoms with van der Waals surface area (Å²) in [6, 6.07) is 5.08. The van der Waals surface area contributed by atoms with Gasteiger partial charge in [-0.05, 0) is 31.2 Å². The maximum absolute atomic E-state index is 11.1. The number of para-hydroxylation sites is 1. The maximum atomic E-state index is 11.1. The molecule has 0 aliphatic carbocycles. The molecule has 1 saturated heterocycles. The highest BCUT2D eigenvalue weighted by molar-refractivity contribution is 5.68. The average molecular weight is 278 g/mol. The topological polar surface area (TPSA) is 83.7 Å². The van der Waals surface area contributed by atoms with Crippen LogP contribution < -0.4 is 4.90 Å². The summed E-state index contributed by atoms with van der Waals surface area (Å²) in [4.78, 5) is 23.4. The van der Waals surface area contributed by atoms with Crippen LogP contribution in [0.4, 0.5) is 11.4 Å². The van der Waals surface area contributed by atoms with E-state index in [2.05, 4.69) is 0 Å². The number of hydrogen-bond donors (Lipinski definition) is 1. The molecule has 20 heavy (non-hydrogen) atoms. The molecule has 0 bridgehead atoms. The number of aryl methyl sites for hydroxylation is 1. The fourth-order valence-corrected chi connectivity index (χ4v) is 2.80. The zero-order valence-corrected chi connectivity index (χ0v) is 11.4. The van der Waals surface area contributed by atoms with Gasteiger partial charge in [-0.2, -0.15) is 0 Å². The third-order valence-electron chi connectivity index (χ3n) is 3.78. The molecule has 108 valence electrons. The van der Waals surface area contributed by atoms with Gasteiger partial charge in [0.25, 0.3) is 5.69 Å². The number of benzene rings is 1. The van der Waals surface area contributed by atoms with Gasteiger partial charge in [-0.25, -0.2) is 0 Å². The van der Waals surface area contributed by atoms with Gasteiger partial charge < -0.3 is 10.0 Å². The van der Waals surface area contributed by atoms with Crippen LogP contribution in [-0.4, -0.2) is 29.1 Å². The molecule has 6 heteroatoms. The molecule has 0 saturated carbocycles. The van der Waals surface area contributed by atoms with E-state index in [4.69, 9.17) is 5.11 Å². The van der Waals surface area contributed by atoms with Crippen molar-refractivity contribution in [3.8, 4) is 0 Å². The highest BCUT2D eigenvalue weighted by Crippen LogP contribution is 2.35. The van der Waals surface area contributed by atoms with Crippen molar-refractivity contribution in [2.75, 3.05) is 18.0 Å². The zero-order valence-electron chi connectivity index (χ0n) is 11.4. The van der Waals surface area contributed by atoms with E-state index >= 15 is 0 Å². The molecule has 1 atom stereocenters. The van der Waals surface area contributed by atoms with E-state index in [0.29, 0.717) is 24.6 Å². The molecule has 0 spiro atoms. The molecule has 1 aromatic carbocycles. The second kappa shape index (κ2) is 5.90. The minimum absolute atomic E-state index is 0.129. The van der Waals surface area contributed by atoms with E-state index in [9.17, 15) is 14.9 Å². The van der Waals surface area contributed by atoms with E-state index in [-0.39, 0.29) is 17.0 Å². The number of carboxylic acid groups (broad SMARTS) is 1. The Balaban J connectivity index is 2.14. The first-order chi connectivity index (χ1) is 9.49. The lowest BCUT2D eigenvalue weighted by Crippen LogP contribution is -2.22. The monoisotopic (exact) mass is 278 g/mol. The molecular weight excluding hydrogens is 260 g/mol. The fraction of sp³-hybridized carbons (Fsp3) is 0.500. The summed E-state index contributed by atoms with van der Waals surface area (Å²) in [6.45, 7) is 3.31. The molecule has 0 radical (unpaired) electrons. The van der Waals surface area contributed by atoms with Gasteiger partial charge >= 0.3 is 5.97 Å². The number of anilines is 1. The van der Waals surface area contributed by atoms with Crippen molar-refractivity contribution in [1.29, 1.82) is 0 Å². The average Bonchev–Trinajstić information content (AvgIpc) is 2.84. The van der Waals surface area contributed by atoms with Gasteiger partial charge in [0, 0.05) is 25.6 Å². The van der Waals surface area contributed by atoms with Crippen LogP contribution in [0.2, 0.25) is 0 Å². The summed E-state index contributed by atoms with van der Waals surface area (Å²) in [6.07, 6.45) is 1.68. The zero-order chi connectivity index (χ0) is 14.7. The Morgan fingerprint density at radius 1 is 1.55 bits per heavy atom. The molecule has 0 aromatic heterocycles.